The quantitative estimate of drug-likeness (QED) is 0.706. The average Bonchev–Trinajstić information content (AvgIpc) is 3.26. The lowest BCUT2D eigenvalue weighted by molar-refractivity contribution is -0.118. The molecule has 2 aromatic rings. The smallest absolute Gasteiger partial charge is 0.348 e. The number of aromatic nitrogens is 2. The first-order valence-electron chi connectivity index (χ1n) is 11.0. The van der Waals surface area contributed by atoms with Gasteiger partial charge in [-0.2, -0.15) is 0 Å². The van der Waals surface area contributed by atoms with Crippen LogP contribution in [0.15, 0.2) is 30.6 Å². The molecule has 0 radical (unpaired) electrons. The molecule has 3 heterocycles. The summed E-state index contributed by atoms with van der Waals surface area (Å²) >= 11 is 1.30. The minimum Gasteiger partial charge on any atom is -0.477 e. The molecular weight excluding hydrogens is 412 g/mol. The standard InChI is InChI=1S/C23H28N4O3S/c1-2-20(28)27(17-9-13-26(14-10-17)23-24-11-6-12-25-23)18-15-19(31-21(18)22(29)30)16-7-4-3-5-8-16/h6-7,11-12,15,17H,2-5,8-10,13-14H2,1H3,(H,29,30). The summed E-state index contributed by atoms with van der Waals surface area (Å²) < 4.78 is 0. The molecule has 1 aliphatic heterocycles. The van der Waals surface area contributed by atoms with Crippen molar-refractivity contribution in [2.24, 2.45) is 0 Å². The van der Waals surface area contributed by atoms with E-state index in [-0.39, 0.29) is 16.8 Å². The summed E-state index contributed by atoms with van der Waals surface area (Å²) in [5, 5.41) is 9.90. The minimum absolute atomic E-state index is 0.0288. The van der Waals surface area contributed by atoms with Gasteiger partial charge in [0.05, 0.1) is 5.69 Å². The lowest BCUT2D eigenvalue weighted by atomic mass is 9.98. The molecule has 2 aromatic heterocycles. The Morgan fingerprint density at radius 1 is 1.23 bits per heavy atom. The maximum absolute atomic E-state index is 13.0. The van der Waals surface area contributed by atoms with Gasteiger partial charge in [-0.15, -0.1) is 11.3 Å². The number of rotatable bonds is 6. The van der Waals surface area contributed by atoms with Gasteiger partial charge < -0.3 is 14.9 Å². The van der Waals surface area contributed by atoms with Crippen LogP contribution in [-0.2, 0) is 4.79 Å². The molecule has 31 heavy (non-hydrogen) atoms. The van der Waals surface area contributed by atoms with E-state index in [1.54, 1.807) is 23.4 Å². The Morgan fingerprint density at radius 3 is 2.58 bits per heavy atom. The molecule has 0 aromatic carbocycles. The molecule has 1 fully saturated rings. The lowest BCUT2D eigenvalue weighted by Gasteiger charge is -2.38. The highest BCUT2D eigenvalue weighted by Crippen LogP contribution is 2.40. The third-order valence-electron chi connectivity index (χ3n) is 6.01. The van der Waals surface area contributed by atoms with Crippen LogP contribution < -0.4 is 9.80 Å². The van der Waals surface area contributed by atoms with Crippen molar-refractivity contribution in [2.45, 2.75) is 57.9 Å². The van der Waals surface area contributed by atoms with Crippen molar-refractivity contribution in [1.29, 1.82) is 0 Å². The number of piperidine rings is 1. The Bertz CT molecular complexity index is 964. The second-order valence-corrected chi connectivity index (χ2v) is 9.04. The van der Waals surface area contributed by atoms with Gasteiger partial charge in [0, 0.05) is 42.8 Å². The molecular formula is C23H28N4O3S. The van der Waals surface area contributed by atoms with Gasteiger partial charge in [-0.05, 0) is 56.2 Å². The number of carboxylic acids is 1. The second-order valence-electron chi connectivity index (χ2n) is 7.99. The molecule has 7 nitrogen and oxygen atoms in total. The highest BCUT2D eigenvalue weighted by atomic mass is 32.1. The van der Waals surface area contributed by atoms with Crippen LogP contribution in [0.5, 0.6) is 0 Å². The normalized spacial score (nSPS) is 17.3. The third-order valence-corrected chi connectivity index (χ3v) is 7.20. The molecule has 164 valence electrons. The summed E-state index contributed by atoms with van der Waals surface area (Å²) in [5.41, 5.74) is 1.77. The molecule has 2 aliphatic rings. The molecule has 0 bridgehead atoms. The minimum atomic E-state index is -0.966. The zero-order valence-electron chi connectivity index (χ0n) is 17.8. The highest BCUT2D eigenvalue weighted by Gasteiger charge is 2.33. The van der Waals surface area contributed by atoms with Crippen LogP contribution in [0.2, 0.25) is 0 Å². The zero-order valence-corrected chi connectivity index (χ0v) is 18.6. The van der Waals surface area contributed by atoms with E-state index in [4.69, 9.17) is 0 Å². The van der Waals surface area contributed by atoms with Crippen molar-refractivity contribution in [2.75, 3.05) is 22.9 Å². The topological polar surface area (TPSA) is 86.6 Å². The Labute approximate surface area is 186 Å². The predicted molar refractivity (Wildman–Crippen MR) is 123 cm³/mol. The maximum Gasteiger partial charge on any atom is 0.348 e. The summed E-state index contributed by atoms with van der Waals surface area (Å²) in [6.07, 6.45) is 11.8. The summed E-state index contributed by atoms with van der Waals surface area (Å²) in [6, 6.07) is 3.69. The number of allylic oxidation sites excluding steroid dienone is 2. The Balaban J connectivity index is 1.61. The van der Waals surface area contributed by atoms with Crippen LogP contribution in [0.3, 0.4) is 0 Å². The van der Waals surface area contributed by atoms with Crippen molar-refractivity contribution >= 4 is 40.4 Å². The number of carbonyl (C=O) groups excluding carboxylic acids is 1. The highest BCUT2D eigenvalue weighted by molar-refractivity contribution is 7.15. The van der Waals surface area contributed by atoms with E-state index >= 15 is 0 Å². The number of carbonyl (C=O) groups is 2. The monoisotopic (exact) mass is 440 g/mol. The van der Waals surface area contributed by atoms with Crippen LogP contribution in [0.1, 0.15) is 66.4 Å². The summed E-state index contributed by atoms with van der Waals surface area (Å²) in [6.45, 7) is 3.29. The Morgan fingerprint density at radius 2 is 1.97 bits per heavy atom. The predicted octanol–water partition coefficient (Wildman–Crippen LogP) is 4.61. The van der Waals surface area contributed by atoms with Crippen molar-refractivity contribution in [3.63, 3.8) is 0 Å². The molecule has 1 aliphatic carbocycles. The molecule has 4 rings (SSSR count). The third kappa shape index (κ3) is 4.63. The molecule has 0 unspecified atom stereocenters. The number of hydrogen-bond donors (Lipinski definition) is 1. The fraction of sp³-hybridized carbons (Fsp3) is 0.478. The Kier molecular flexibility index (Phi) is 6.65. The number of thiophene rings is 1. The van der Waals surface area contributed by atoms with Crippen LogP contribution in [-0.4, -0.2) is 46.1 Å². The van der Waals surface area contributed by atoms with Crippen LogP contribution >= 0.6 is 11.3 Å². The first-order valence-corrected chi connectivity index (χ1v) is 11.8. The molecule has 1 N–H and O–H groups in total. The van der Waals surface area contributed by atoms with E-state index in [1.165, 1.54) is 23.3 Å². The molecule has 8 heteroatoms. The maximum atomic E-state index is 13.0. The van der Waals surface area contributed by atoms with E-state index < -0.39 is 5.97 Å². The summed E-state index contributed by atoms with van der Waals surface area (Å²) in [4.78, 5) is 38.9. The van der Waals surface area contributed by atoms with E-state index in [1.807, 2.05) is 13.0 Å². The van der Waals surface area contributed by atoms with Gasteiger partial charge in [-0.3, -0.25) is 4.79 Å². The van der Waals surface area contributed by atoms with Crippen LogP contribution in [0, 0.1) is 0 Å². The van der Waals surface area contributed by atoms with Crippen LogP contribution in [0.4, 0.5) is 11.6 Å². The van der Waals surface area contributed by atoms with Gasteiger partial charge in [0.15, 0.2) is 0 Å². The van der Waals surface area contributed by atoms with E-state index in [0.29, 0.717) is 18.1 Å². The second kappa shape index (κ2) is 9.60. The fourth-order valence-corrected chi connectivity index (χ4v) is 5.47. The zero-order chi connectivity index (χ0) is 21.8. The van der Waals surface area contributed by atoms with Gasteiger partial charge in [-0.25, -0.2) is 14.8 Å². The molecule has 0 saturated carbocycles. The number of aromatic carboxylic acids is 1. The largest absolute Gasteiger partial charge is 0.477 e. The Hall–Kier alpha value is -2.74. The average molecular weight is 441 g/mol. The summed E-state index contributed by atoms with van der Waals surface area (Å²) in [5.74, 6) is -0.298. The number of carboxylic acid groups (broad SMARTS) is 1. The lowest BCUT2D eigenvalue weighted by Crippen LogP contribution is -2.48. The molecule has 1 saturated heterocycles. The van der Waals surface area contributed by atoms with Crippen LogP contribution in [0.25, 0.3) is 5.57 Å². The van der Waals surface area contributed by atoms with Gasteiger partial charge in [0.2, 0.25) is 11.9 Å². The van der Waals surface area contributed by atoms with Crippen molar-refractivity contribution in [3.8, 4) is 0 Å². The SMILES string of the molecule is CCC(=O)N(c1cc(C2=CCCCC2)sc1C(=O)O)C1CCN(c2ncccn2)CC1. The van der Waals surface area contributed by atoms with E-state index in [0.717, 1.165) is 50.1 Å². The summed E-state index contributed by atoms with van der Waals surface area (Å²) in [7, 11) is 0. The van der Waals surface area contributed by atoms with Gasteiger partial charge >= 0.3 is 5.97 Å². The first kappa shape index (κ1) is 21.5. The van der Waals surface area contributed by atoms with Crippen molar-refractivity contribution in [1.82, 2.24) is 9.97 Å². The van der Waals surface area contributed by atoms with Gasteiger partial charge in [0.25, 0.3) is 0 Å². The molecule has 0 atom stereocenters. The van der Waals surface area contributed by atoms with Gasteiger partial charge in [-0.1, -0.05) is 13.0 Å². The number of nitrogens with zero attached hydrogens (tertiary/aromatic N) is 4. The molecule has 0 spiro atoms. The van der Waals surface area contributed by atoms with Gasteiger partial charge in [0.1, 0.15) is 4.88 Å². The van der Waals surface area contributed by atoms with E-state index in [2.05, 4.69) is 20.9 Å². The molecule has 1 amide bonds. The van der Waals surface area contributed by atoms with Crippen molar-refractivity contribution in [3.05, 3.63) is 40.4 Å². The number of hydrogen-bond acceptors (Lipinski definition) is 6. The number of anilines is 2. The van der Waals surface area contributed by atoms with E-state index in [9.17, 15) is 14.7 Å². The fourth-order valence-electron chi connectivity index (χ4n) is 4.42. The number of amides is 1. The van der Waals surface area contributed by atoms with Crippen molar-refractivity contribution < 1.29 is 14.7 Å². The first-order chi connectivity index (χ1) is 15.1.